The SMILES string of the molecule is COc1cc2[nH]c(-c3ccccc3)c(C)c(=O)c2cc1-c1cnco1. The molecule has 2 aromatic heterocycles. The number of nitrogens with zero attached hydrogens (tertiary/aromatic N) is 1. The molecule has 2 aromatic carbocycles. The summed E-state index contributed by atoms with van der Waals surface area (Å²) in [6.45, 7) is 1.83. The number of fused-ring (bicyclic) bond motifs is 1. The van der Waals surface area contributed by atoms with Crippen molar-refractivity contribution in [1.82, 2.24) is 9.97 Å². The third-order valence-electron chi connectivity index (χ3n) is 4.32. The number of ether oxygens (including phenoxy) is 1. The van der Waals surface area contributed by atoms with Crippen LogP contribution in [-0.4, -0.2) is 17.1 Å². The van der Waals surface area contributed by atoms with Crippen molar-refractivity contribution in [1.29, 1.82) is 0 Å². The van der Waals surface area contributed by atoms with Crippen molar-refractivity contribution < 1.29 is 9.15 Å². The Labute approximate surface area is 143 Å². The molecule has 0 aliphatic heterocycles. The van der Waals surface area contributed by atoms with Crippen molar-refractivity contribution in [2.24, 2.45) is 0 Å². The van der Waals surface area contributed by atoms with Crippen molar-refractivity contribution >= 4 is 10.9 Å². The lowest BCUT2D eigenvalue weighted by atomic mass is 10.0. The molecule has 0 saturated heterocycles. The number of benzene rings is 2. The molecule has 5 nitrogen and oxygen atoms in total. The molecule has 0 fully saturated rings. The third-order valence-corrected chi connectivity index (χ3v) is 4.32. The van der Waals surface area contributed by atoms with Gasteiger partial charge in [-0.15, -0.1) is 0 Å². The lowest BCUT2D eigenvalue weighted by molar-refractivity contribution is 0.415. The average Bonchev–Trinajstić information content (AvgIpc) is 3.19. The summed E-state index contributed by atoms with van der Waals surface area (Å²) >= 11 is 0. The van der Waals surface area contributed by atoms with E-state index >= 15 is 0 Å². The quantitative estimate of drug-likeness (QED) is 0.611. The number of aromatic amines is 1. The van der Waals surface area contributed by atoms with Crippen LogP contribution in [0.4, 0.5) is 0 Å². The summed E-state index contributed by atoms with van der Waals surface area (Å²) in [5.74, 6) is 1.17. The van der Waals surface area contributed by atoms with Gasteiger partial charge >= 0.3 is 0 Å². The second-order valence-corrected chi connectivity index (χ2v) is 5.78. The van der Waals surface area contributed by atoms with Crippen LogP contribution in [0.2, 0.25) is 0 Å². The summed E-state index contributed by atoms with van der Waals surface area (Å²) in [6.07, 6.45) is 2.95. The predicted molar refractivity (Wildman–Crippen MR) is 96.8 cm³/mol. The maximum absolute atomic E-state index is 12.9. The Morgan fingerprint density at radius 3 is 2.64 bits per heavy atom. The molecular formula is C20H16N2O3. The molecule has 0 saturated carbocycles. The highest BCUT2D eigenvalue weighted by Crippen LogP contribution is 2.33. The van der Waals surface area contributed by atoms with E-state index in [2.05, 4.69) is 9.97 Å². The molecule has 0 amide bonds. The van der Waals surface area contributed by atoms with E-state index < -0.39 is 0 Å². The molecule has 5 heteroatoms. The van der Waals surface area contributed by atoms with Gasteiger partial charge in [-0.05, 0) is 18.6 Å². The van der Waals surface area contributed by atoms with Gasteiger partial charge in [0.05, 0.1) is 30.1 Å². The number of aromatic nitrogens is 2. The van der Waals surface area contributed by atoms with Crippen LogP contribution in [0.25, 0.3) is 33.5 Å². The average molecular weight is 332 g/mol. The van der Waals surface area contributed by atoms with Crippen LogP contribution in [-0.2, 0) is 0 Å². The van der Waals surface area contributed by atoms with E-state index in [1.54, 1.807) is 19.4 Å². The number of oxazole rings is 1. The summed E-state index contributed by atoms with van der Waals surface area (Å²) in [6, 6.07) is 13.4. The van der Waals surface area contributed by atoms with Crippen molar-refractivity contribution in [3.8, 4) is 28.3 Å². The Hall–Kier alpha value is -3.34. The number of methoxy groups -OCH3 is 1. The van der Waals surface area contributed by atoms with Crippen molar-refractivity contribution in [3.05, 3.63) is 70.8 Å². The van der Waals surface area contributed by atoms with Crippen LogP contribution in [0.3, 0.4) is 0 Å². The first-order valence-electron chi connectivity index (χ1n) is 7.88. The molecule has 0 spiro atoms. The summed E-state index contributed by atoms with van der Waals surface area (Å²) < 4.78 is 10.9. The van der Waals surface area contributed by atoms with Crippen LogP contribution in [0.1, 0.15) is 5.56 Å². The minimum atomic E-state index is -0.0176. The largest absolute Gasteiger partial charge is 0.496 e. The van der Waals surface area contributed by atoms with Crippen molar-refractivity contribution in [2.75, 3.05) is 7.11 Å². The molecule has 2 heterocycles. The Morgan fingerprint density at radius 2 is 1.96 bits per heavy atom. The summed E-state index contributed by atoms with van der Waals surface area (Å²) in [4.78, 5) is 20.2. The highest BCUT2D eigenvalue weighted by molar-refractivity contribution is 5.89. The van der Waals surface area contributed by atoms with Gasteiger partial charge in [-0.1, -0.05) is 30.3 Å². The zero-order valence-corrected chi connectivity index (χ0v) is 13.9. The van der Waals surface area contributed by atoms with Gasteiger partial charge in [0.1, 0.15) is 5.75 Å². The van der Waals surface area contributed by atoms with Gasteiger partial charge in [0.25, 0.3) is 0 Å². The lowest BCUT2D eigenvalue weighted by Crippen LogP contribution is -2.10. The summed E-state index contributed by atoms with van der Waals surface area (Å²) in [5, 5.41) is 0.587. The van der Waals surface area contributed by atoms with E-state index in [1.165, 1.54) is 6.39 Å². The van der Waals surface area contributed by atoms with E-state index in [0.29, 0.717) is 28.0 Å². The van der Waals surface area contributed by atoms with Crippen LogP contribution in [0.5, 0.6) is 5.75 Å². The molecular weight excluding hydrogens is 316 g/mol. The zero-order chi connectivity index (χ0) is 17.4. The Morgan fingerprint density at radius 1 is 1.16 bits per heavy atom. The highest BCUT2D eigenvalue weighted by atomic mass is 16.5. The number of nitrogens with one attached hydrogen (secondary N) is 1. The maximum atomic E-state index is 12.9. The molecule has 0 aliphatic rings. The van der Waals surface area contributed by atoms with Gasteiger partial charge in [0, 0.05) is 17.0 Å². The Kier molecular flexibility index (Phi) is 3.61. The molecule has 124 valence electrons. The van der Waals surface area contributed by atoms with Crippen molar-refractivity contribution in [2.45, 2.75) is 6.92 Å². The van der Waals surface area contributed by atoms with Gasteiger partial charge < -0.3 is 14.1 Å². The number of rotatable bonds is 3. The number of pyridine rings is 1. The molecule has 0 radical (unpaired) electrons. The number of hydrogen-bond donors (Lipinski definition) is 1. The zero-order valence-electron chi connectivity index (χ0n) is 13.9. The van der Waals surface area contributed by atoms with Crippen LogP contribution < -0.4 is 10.2 Å². The fraction of sp³-hybridized carbons (Fsp3) is 0.100. The molecule has 0 aliphatic carbocycles. The van der Waals surface area contributed by atoms with Gasteiger partial charge in [-0.3, -0.25) is 4.79 Å². The van der Waals surface area contributed by atoms with Crippen LogP contribution >= 0.6 is 0 Å². The highest BCUT2D eigenvalue weighted by Gasteiger charge is 2.16. The fourth-order valence-electron chi connectivity index (χ4n) is 3.02. The molecule has 0 bridgehead atoms. The van der Waals surface area contributed by atoms with E-state index in [1.807, 2.05) is 43.3 Å². The monoisotopic (exact) mass is 332 g/mol. The smallest absolute Gasteiger partial charge is 0.192 e. The summed E-state index contributed by atoms with van der Waals surface area (Å²) in [7, 11) is 1.59. The van der Waals surface area contributed by atoms with E-state index in [9.17, 15) is 4.79 Å². The van der Waals surface area contributed by atoms with Gasteiger partial charge in [0.15, 0.2) is 17.6 Å². The first-order chi connectivity index (χ1) is 12.2. The maximum Gasteiger partial charge on any atom is 0.192 e. The topological polar surface area (TPSA) is 68.1 Å². The summed E-state index contributed by atoms with van der Waals surface area (Å²) in [5.41, 5.74) is 3.85. The predicted octanol–water partition coefficient (Wildman–Crippen LogP) is 4.17. The standard InChI is InChI=1S/C20H16N2O3/c1-12-19(13-6-4-3-5-7-13)22-16-9-17(24-2)15(8-14(16)20(12)23)18-10-21-11-25-18/h3-11H,1-2H3,(H,22,23). The number of hydrogen-bond acceptors (Lipinski definition) is 4. The first-order valence-corrected chi connectivity index (χ1v) is 7.88. The van der Waals surface area contributed by atoms with Gasteiger partial charge in [-0.2, -0.15) is 0 Å². The Bertz CT molecular complexity index is 1100. The molecule has 0 unspecified atom stereocenters. The normalized spacial score (nSPS) is 11.0. The molecule has 0 atom stereocenters. The molecule has 4 aromatic rings. The molecule has 4 rings (SSSR count). The third kappa shape index (κ3) is 2.50. The first kappa shape index (κ1) is 15.2. The molecule has 1 N–H and O–H groups in total. The number of H-pyrrole nitrogens is 1. The Balaban J connectivity index is 2.02. The molecule has 25 heavy (non-hydrogen) atoms. The fourth-order valence-corrected chi connectivity index (χ4v) is 3.02. The van der Waals surface area contributed by atoms with E-state index in [0.717, 1.165) is 16.8 Å². The minimum Gasteiger partial charge on any atom is -0.496 e. The van der Waals surface area contributed by atoms with Crippen molar-refractivity contribution in [3.63, 3.8) is 0 Å². The second-order valence-electron chi connectivity index (χ2n) is 5.78. The second kappa shape index (κ2) is 5.94. The lowest BCUT2D eigenvalue weighted by Gasteiger charge is -2.12. The van der Waals surface area contributed by atoms with Gasteiger partial charge in [-0.25, -0.2) is 4.98 Å². The van der Waals surface area contributed by atoms with Crippen LogP contribution in [0.15, 0.2) is 64.3 Å². The van der Waals surface area contributed by atoms with E-state index in [-0.39, 0.29) is 5.43 Å². The van der Waals surface area contributed by atoms with Crippen LogP contribution in [0, 0.1) is 6.92 Å². The van der Waals surface area contributed by atoms with Gasteiger partial charge in [0.2, 0.25) is 0 Å². The minimum absolute atomic E-state index is 0.0176. The van der Waals surface area contributed by atoms with E-state index in [4.69, 9.17) is 9.15 Å².